The zero-order valence-electron chi connectivity index (χ0n) is 15.6. The first-order valence-corrected chi connectivity index (χ1v) is 15.1. The van der Waals surface area contributed by atoms with Gasteiger partial charge in [-0.05, 0) is 0 Å². The second-order valence-corrected chi connectivity index (χ2v) is 16.8. The number of fused-ring (bicyclic) bond motifs is 1. The van der Waals surface area contributed by atoms with E-state index in [1.807, 2.05) is 4.57 Å². The molecule has 2 heterocycles. The topological polar surface area (TPSA) is 52.0 Å². The van der Waals surface area contributed by atoms with Crippen LogP contribution in [0.1, 0.15) is 78.6 Å². The standard InChI is InChI=1S/C13H27.C5H3N2O2S2.Sn/c1-4-7-10-13(11-8-5-2)12-9-6-3;8-11(9)10-2-1-7-4-6-3-5(7)10;/h4-12H2,1-3H3;1,3-4H;. The van der Waals surface area contributed by atoms with Gasteiger partial charge in [0.15, 0.2) is 0 Å². The Morgan fingerprint density at radius 2 is 1.64 bits per heavy atom. The SMILES string of the molecule is CCCC[C](CCCC)(CCCC)[Sn][C]1=Cn2cncc2S1=S(=O)=O. The summed E-state index contributed by atoms with van der Waals surface area (Å²) in [7, 11) is -2.84. The molecule has 25 heavy (non-hydrogen) atoms. The van der Waals surface area contributed by atoms with Crippen LogP contribution >= 0.6 is 0 Å². The van der Waals surface area contributed by atoms with Gasteiger partial charge in [0.1, 0.15) is 0 Å². The third kappa shape index (κ3) is 5.45. The van der Waals surface area contributed by atoms with Crippen molar-refractivity contribution in [2.45, 2.75) is 87.0 Å². The number of rotatable bonds is 11. The molecule has 0 saturated heterocycles. The van der Waals surface area contributed by atoms with E-state index < -0.39 is 39.9 Å². The number of unbranched alkanes of at least 4 members (excludes halogenated alkanes) is 3. The van der Waals surface area contributed by atoms with E-state index >= 15 is 0 Å². The van der Waals surface area contributed by atoms with Crippen LogP contribution in [0.15, 0.2) is 20.5 Å². The van der Waals surface area contributed by atoms with Gasteiger partial charge in [0, 0.05) is 0 Å². The van der Waals surface area contributed by atoms with E-state index in [0.29, 0.717) is 3.43 Å². The van der Waals surface area contributed by atoms with Gasteiger partial charge < -0.3 is 0 Å². The van der Waals surface area contributed by atoms with Gasteiger partial charge in [-0.25, -0.2) is 0 Å². The number of hydrogen-bond donors (Lipinski definition) is 0. The third-order valence-corrected chi connectivity index (χ3v) is 16.6. The molecule has 1 aliphatic heterocycles. The van der Waals surface area contributed by atoms with E-state index in [2.05, 4.69) is 32.0 Å². The summed E-state index contributed by atoms with van der Waals surface area (Å²) in [5.41, 5.74) is 0. The zero-order valence-corrected chi connectivity index (χ0v) is 20.1. The summed E-state index contributed by atoms with van der Waals surface area (Å²) in [5.74, 6) is 0. The van der Waals surface area contributed by atoms with Crippen LogP contribution < -0.4 is 0 Å². The van der Waals surface area contributed by atoms with Crippen LogP contribution in [0, 0.1) is 0 Å². The van der Waals surface area contributed by atoms with Crippen molar-refractivity contribution in [3.05, 3.63) is 15.4 Å². The molecule has 0 aliphatic carbocycles. The van der Waals surface area contributed by atoms with Gasteiger partial charge in [-0.2, -0.15) is 0 Å². The molecular formula is C18H30N2O2S2Sn. The van der Waals surface area contributed by atoms with Crippen LogP contribution in [0.25, 0.3) is 6.20 Å². The van der Waals surface area contributed by atoms with Crippen molar-refractivity contribution in [2.24, 2.45) is 0 Å². The summed E-state index contributed by atoms with van der Waals surface area (Å²) in [6.07, 6.45) is 16.9. The molecule has 0 amide bonds. The molecule has 2 rings (SSSR count). The van der Waals surface area contributed by atoms with Gasteiger partial charge in [0.2, 0.25) is 0 Å². The number of hydrogen-bond acceptors (Lipinski definition) is 3. The normalized spacial score (nSPS) is 16.8. The zero-order chi connectivity index (χ0) is 18.3. The Morgan fingerprint density at radius 1 is 1.08 bits per heavy atom. The summed E-state index contributed by atoms with van der Waals surface area (Å²) >= 11 is -1.01. The van der Waals surface area contributed by atoms with Crippen LogP contribution in [0.2, 0.25) is 3.43 Å². The fourth-order valence-corrected chi connectivity index (χ4v) is 16.4. The molecule has 1 aromatic heterocycles. The Bertz CT molecular complexity index is 708. The van der Waals surface area contributed by atoms with E-state index in [0.717, 1.165) is 5.03 Å². The molecule has 0 bridgehead atoms. The van der Waals surface area contributed by atoms with Crippen LogP contribution in [0.5, 0.6) is 0 Å². The van der Waals surface area contributed by atoms with E-state index in [-0.39, 0.29) is 0 Å². The molecule has 0 spiro atoms. The molecule has 1 aromatic rings. The number of aromatic nitrogens is 2. The first-order valence-electron chi connectivity index (χ1n) is 9.42. The molecule has 0 N–H and O–H groups in total. The van der Waals surface area contributed by atoms with E-state index in [9.17, 15) is 8.42 Å². The minimum absolute atomic E-state index is 0.416. The Labute approximate surface area is 165 Å². The number of imidazole rings is 1. The predicted octanol–water partition coefficient (Wildman–Crippen LogP) is 4.86. The molecule has 0 aromatic carbocycles. The van der Waals surface area contributed by atoms with Crippen LogP contribution in [0.4, 0.5) is 0 Å². The van der Waals surface area contributed by atoms with Crippen molar-refractivity contribution in [3.8, 4) is 0 Å². The Balaban J connectivity index is 2.34. The monoisotopic (exact) mass is 490 g/mol. The maximum absolute atomic E-state index is 12.0. The van der Waals surface area contributed by atoms with Crippen molar-refractivity contribution >= 4 is 46.1 Å². The molecule has 1 unspecified atom stereocenters. The second-order valence-electron chi connectivity index (χ2n) is 6.82. The molecule has 0 saturated carbocycles. The molecular weight excluding hydrogens is 459 g/mol. The average molecular weight is 489 g/mol. The van der Waals surface area contributed by atoms with Crippen molar-refractivity contribution in [3.63, 3.8) is 0 Å². The van der Waals surface area contributed by atoms with Gasteiger partial charge in [-0.3, -0.25) is 0 Å². The molecule has 140 valence electrons. The van der Waals surface area contributed by atoms with Crippen LogP contribution in [-0.4, -0.2) is 39.1 Å². The minimum atomic E-state index is -2.07. The van der Waals surface area contributed by atoms with Gasteiger partial charge in [-0.1, -0.05) is 0 Å². The fraction of sp³-hybridized carbons (Fsp3) is 0.722. The van der Waals surface area contributed by atoms with Crippen molar-refractivity contribution in [1.82, 2.24) is 9.55 Å². The first kappa shape index (κ1) is 21.2. The molecule has 1 aliphatic rings. The van der Waals surface area contributed by atoms with Crippen LogP contribution in [-0.2, 0) is 18.7 Å². The third-order valence-electron chi connectivity index (χ3n) is 4.83. The second kappa shape index (κ2) is 10.3. The summed E-state index contributed by atoms with van der Waals surface area (Å²) in [6.45, 7) is 6.79. The Hall–Kier alpha value is -0.0813. The van der Waals surface area contributed by atoms with Crippen LogP contribution in [0.3, 0.4) is 0 Å². The molecule has 7 heteroatoms. The summed E-state index contributed by atoms with van der Waals surface area (Å²) in [4.78, 5) is 4.13. The quantitative estimate of drug-likeness (QED) is 0.418. The Kier molecular flexibility index (Phi) is 8.75. The summed E-state index contributed by atoms with van der Waals surface area (Å²) in [6, 6.07) is 0. The summed E-state index contributed by atoms with van der Waals surface area (Å²) < 4.78 is 27.5. The van der Waals surface area contributed by atoms with Crippen molar-refractivity contribution in [1.29, 1.82) is 0 Å². The maximum atomic E-state index is 12.0. The number of nitrogens with zero attached hydrogens (tertiary/aromatic N) is 2. The fourth-order valence-electron chi connectivity index (χ4n) is 3.41. The van der Waals surface area contributed by atoms with Gasteiger partial charge in [0.25, 0.3) is 0 Å². The molecule has 1 atom stereocenters. The Morgan fingerprint density at radius 3 is 2.12 bits per heavy atom. The van der Waals surface area contributed by atoms with E-state index in [1.165, 1.54) is 60.7 Å². The molecule has 2 radical (unpaired) electrons. The predicted molar refractivity (Wildman–Crippen MR) is 108 cm³/mol. The van der Waals surface area contributed by atoms with E-state index in [4.69, 9.17) is 0 Å². The summed E-state index contributed by atoms with van der Waals surface area (Å²) in [5, 5.41) is 0.861. The average Bonchev–Trinajstić information content (AvgIpc) is 3.16. The van der Waals surface area contributed by atoms with Gasteiger partial charge in [-0.15, -0.1) is 0 Å². The van der Waals surface area contributed by atoms with Crippen molar-refractivity contribution in [2.75, 3.05) is 0 Å². The first-order chi connectivity index (χ1) is 12.1. The van der Waals surface area contributed by atoms with Gasteiger partial charge >= 0.3 is 166 Å². The van der Waals surface area contributed by atoms with Crippen molar-refractivity contribution < 1.29 is 8.42 Å². The molecule has 4 nitrogen and oxygen atoms in total. The van der Waals surface area contributed by atoms with E-state index in [1.54, 1.807) is 12.5 Å². The van der Waals surface area contributed by atoms with Gasteiger partial charge in [0.05, 0.1) is 0 Å². The molecule has 0 fully saturated rings.